The first-order valence-electron chi connectivity index (χ1n) is 6.26. The van der Waals surface area contributed by atoms with Crippen LogP contribution < -0.4 is 4.72 Å². The summed E-state index contributed by atoms with van der Waals surface area (Å²) < 4.78 is 28.9. The highest BCUT2D eigenvalue weighted by molar-refractivity contribution is 7.93. The molecule has 0 aromatic carbocycles. The van der Waals surface area contributed by atoms with Gasteiger partial charge in [-0.3, -0.25) is 4.72 Å². The summed E-state index contributed by atoms with van der Waals surface area (Å²) in [7, 11) is -3.65. The Morgan fingerprint density at radius 3 is 2.85 bits per heavy atom. The molecule has 0 amide bonds. The molecule has 6 nitrogen and oxygen atoms in total. The third kappa shape index (κ3) is 2.58. The first-order chi connectivity index (χ1) is 9.49. The Morgan fingerprint density at radius 1 is 1.55 bits per heavy atom. The smallest absolute Gasteiger partial charge is 0.265 e. The maximum absolute atomic E-state index is 12.3. The molecule has 3 rings (SSSR count). The van der Waals surface area contributed by atoms with Crippen molar-refractivity contribution in [2.45, 2.75) is 37.3 Å². The molecular formula is C12H15N3O3S2. The average Bonchev–Trinajstić information content (AvgIpc) is 3.01. The third-order valence-electron chi connectivity index (χ3n) is 3.16. The molecule has 0 unspecified atom stereocenters. The van der Waals surface area contributed by atoms with Crippen molar-refractivity contribution in [3.63, 3.8) is 0 Å². The number of aryl methyl sites for hydroxylation is 1. The lowest BCUT2D eigenvalue weighted by Crippen LogP contribution is -2.12. The third-order valence-corrected chi connectivity index (χ3v) is 5.47. The van der Waals surface area contributed by atoms with E-state index in [1.165, 1.54) is 17.4 Å². The Morgan fingerprint density at radius 2 is 2.30 bits per heavy atom. The highest BCUT2D eigenvalue weighted by Crippen LogP contribution is 2.37. The van der Waals surface area contributed by atoms with Crippen LogP contribution in [-0.2, 0) is 16.6 Å². The van der Waals surface area contributed by atoms with Gasteiger partial charge in [0.1, 0.15) is 4.90 Å². The van der Waals surface area contributed by atoms with E-state index in [-0.39, 0.29) is 11.5 Å². The van der Waals surface area contributed by atoms with Gasteiger partial charge in [-0.05, 0) is 25.8 Å². The molecule has 0 bridgehead atoms. The van der Waals surface area contributed by atoms with Crippen LogP contribution >= 0.6 is 11.3 Å². The van der Waals surface area contributed by atoms with Crippen LogP contribution in [0.5, 0.6) is 0 Å². The Kier molecular flexibility index (Phi) is 3.31. The van der Waals surface area contributed by atoms with Crippen LogP contribution in [0.1, 0.15) is 30.3 Å². The molecule has 1 aliphatic carbocycles. The molecule has 0 radical (unpaired) electrons. The second-order valence-electron chi connectivity index (χ2n) is 4.86. The summed E-state index contributed by atoms with van der Waals surface area (Å²) in [6.07, 6.45) is 3.65. The predicted octanol–water partition coefficient (Wildman–Crippen LogP) is 1.88. The number of sulfonamides is 1. The van der Waals surface area contributed by atoms with Crippen LogP contribution in [0, 0.1) is 6.92 Å². The zero-order chi connectivity index (χ0) is 14.3. The van der Waals surface area contributed by atoms with Crippen LogP contribution in [0.25, 0.3) is 0 Å². The molecule has 1 saturated carbocycles. The number of thiazole rings is 1. The van der Waals surface area contributed by atoms with Crippen molar-refractivity contribution in [2.75, 3.05) is 4.72 Å². The monoisotopic (exact) mass is 313 g/mol. The molecule has 0 atom stereocenters. The number of anilines is 1. The number of hydrogen-bond donors (Lipinski definition) is 2. The lowest BCUT2D eigenvalue weighted by atomic mass is 10.4. The van der Waals surface area contributed by atoms with Crippen LogP contribution in [0.2, 0.25) is 0 Å². The van der Waals surface area contributed by atoms with Gasteiger partial charge in [-0.2, -0.15) is 0 Å². The van der Waals surface area contributed by atoms with Gasteiger partial charge in [0.15, 0.2) is 5.13 Å². The number of aromatic nitrogens is 2. The SMILES string of the molecule is Cc1csc(NS(=O)(=O)c2cc(CO)n(C3CC3)c2)n1. The second kappa shape index (κ2) is 4.87. The van der Waals surface area contributed by atoms with Crippen molar-refractivity contribution < 1.29 is 13.5 Å². The highest BCUT2D eigenvalue weighted by Gasteiger charge is 2.28. The van der Waals surface area contributed by atoms with E-state index < -0.39 is 10.0 Å². The van der Waals surface area contributed by atoms with Crippen molar-refractivity contribution in [1.29, 1.82) is 0 Å². The maximum Gasteiger partial charge on any atom is 0.265 e. The van der Waals surface area contributed by atoms with E-state index in [0.717, 1.165) is 18.5 Å². The molecule has 0 saturated heterocycles. The molecule has 8 heteroatoms. The summed E-state index contributed by atoms with van der Waals surface area (Å²) in [5.74, 6) is 0. The van der Waals surface area contributed by atoms with Gasteiger partial charge in [-0.25, -0.2) is 13.4 Å². The van der Waals surface area contributed by atoms with Gasteiger partial charge in [0, 0.05) is 23.3 Å². The first kappa shape index (κ1) is 13.6. The average molecular weight is 313 g/mol. The molecule has 1 fully saturated rings. The highest BCUT2D eigenvalue weighted by atomic mass is 32.2. The lowest BCUT2D eigenvalue weighted by molar-refractivity contribution is 0.270. The van der Waals surface area contributed by atoms with Gasteiger partial charge < -0.3 is 9.67 Å². The molecular weight excluding hydrogens is 298 g/mol. The van der Waals surface area contributed by atoms with Crippen molar-refractivity contribution in [2.24, 2.45) is 0 Å². The fourth-order valence-electron chi connectivity index (χ4n) is 2.04. The molecule has 0 aliphatic heterocycles. The Balaban J connectivity index is 1.90. The molecule has 2 N–H and O–H groups in total. The summed E-state index contributed by atoms with van der Waals surface area (Å²) >= 11 is 1.25. The predicted molar refractivity (Wildman–Crippen MR) is 76.3 cm³/mol. The Hall–Kier alpha value is -1.38. The fourth-order valence-corrected chi connectivity index (χ4v) is 4.03. The molecule has 2 heterocycles. The van der Waals surface area contributed by atoms with E-state index in [4.69, 9.17) is 0 Å². The number of hydrogen-bond acceptors (Lipinski definition) is 5. The number of aliphatic hydroxyl groups excluding tert-OH is 1. The summed E-state index contributed by atoms with van der Waals surface area (Å²) in [4.78, 5) is 4.26. The van der Waals surface area contributed by atoms with E-state index in [9.17, 15) is 13.5 Å². The number of nitrogens with zero attached hydrogens (tertiary/aromatic N) is 2. The van der Waals surface area contributed by atoms with Gasteiger partial charge in [-0.1, -0.05) is 0 Å². The minimum absolute atomic E-state index is 0.164. The minimum atomic E-state index is -3.65. The van der Waals surface area contributed by atoms with Gasteiger partial charge in [-0.15, -0.1) is 11.3 Å². The quantitative estimate of drug-likeness (QED) is 0.882. The summed E-state index contributed by atoms with van der Waals surface area (Å²) in [6.45, 7) is 1.64. The standard InChI is InChI=1S/C12H15N3O3S2/c1-8-7-19-12(13-8)14-20(17,18)11-4-10(6-16)15(5-11)9-2-3-9/h4-5,7,9,16H,2-3,6H2,1H3,(H,13,14). The van der Waals surface area contributed by atoms with Gasteiger partial charge in [0.05, 0.1) is 12.3 Å². The lowest BCUT2D eigenvalue weighted by Gasteiger charge is -2.03. The zero-order valence-corrected chi connectivity index (χ0v) is 12.5. The van der Waals surface area contributed by atoms with Crippen molar-refractivity contribution in [3.8, 4) is 0 Å². The molecule has 108 valence electrons. The normalized spacial score (nSPS) is 15.5. The summed E-state index contributed by atoms with van der Waals surface area (Å²) in [5, 5.41) is 11.5. The van der Waals surface area contributed by atoms with Gasteiger partial charge >= 0.3 is 0 Å². The van der Waals surface area contributed by atoms with Gasteiger partial charge in [0.2, 0.25) is 0 Å². The Labute approximate surface area is 121 Å². The van der Waals surface area contributed by atoms with Crippen LogP contribution in [-0.4, -0.2) is 23.1 Å². The zero-order valence-electron chi connectivity index (χ0n) is 10.9. The van der Waals surface area contributed by atoms with E-state index in [2.05, 4.69) is 9.71 Å². The number of aliphatic hydroxyl groups is 1. The Bertz CT molecular complexity index is 729. The molecule has 20 heavy (non-hydrogen) atoms. The minimum Gasteiger partial charge on any atom is -0.390 e. The first-order valence-corrected chi connectivity index (χ1v) is 8.62. The van der Waals surface area contributed by atoms with E-state index in [1.807, 2.05) is 11.5 Å². The van der Waals surface area contributed by atoms with Crippen molar-refractivity contribution in [1.82, 2.24) is 9.55 Å². The van der Waals surface area contributed by atoms with Crippen molar-refractivity contribution >= 4 is 26.5 Å². The number of nitrogens with one attached hydrogen (secondary N) is 1. The van der Waals surface area contributed by atoms with E-state index in [0.29, 0.717) is 16.9 Å². The largest absolute Gasteiger partial charge is 0.390 e. The fraction of sp³-hybridized carbons (Fsp3) is 0.417. The number of rotatable bonds is 5. The second-order valence-corrected chi connectivity index (χ2v) is 7.40. The molecule has 2 aromatic heterocycles. The molecule has 1 aliphatic rings. The maximum atomic E-state index is 12.3. The van der Waals surface area contributed by atoms with Crippen LogP contribution in [0.15, 0.2) is 22.5 Å². The topological polar surface area (TPSA) is 84.2 Å². The molecule has 2 aromatic rings. The summed E-state index contributed by atoms with van der Waals surface area (Å²) in [5.41, 5.74) is 1.41. The van der Waals surface area contributed by atoms with Crippen molar-refractivity contribution in [3.05, 3.63) is 29.0 Å². The van der Waals surface area contributed by atoms with Gasteiger partial charge in [0.25, 0.3) is 10.0 Å². The van der Waals surface area contributed by atoms with E-state index >= 15 is 0 Å². The van der Waals surface area contributed by atoms with E-state index in [1.54, 1.807) is 11.6 Å². The van der Waals surface area contributed by atoms with Crippen LogP contribution in [0.3, 0.4) is 0 Å². The summed E-state index contributed by atoms with van der Waals surface area (Å²) in [6, 6.07) is 1.84. The molecule has 0 spiro atoms. The van der Waals surface area contributed by atoms with Crippen LogP contribution in [0.4, 0.5) is 5.13 Å².